The van der Waals surface area contributed by atoms with Crippen molar-refractivity contribution in [1.29, 1.82) is 0 Å². The van der Waals surface area contributed by atoms with Gasteiger partial charge in [-0.1, -0.05) is 29.8 Å². The first kappa shape index (κ1) is 23.0. The zero-order chi connectivity index (χ0) is 23.9. The summed E-state index contributed by atoms with van der Waals surface area (Å²) >= 11 is 7.10. The highest BCUT2D eigenvalue weighted by molar-refractivity contribution is 7.90. The number of thiophene rings is 1. The van der Waals surface area contributed by atoms with E-state index in [1.54, 1.807) is 24.3 Å². The van der Waals surface area contributed by atoms with Crippen molar-refractivity contribution in [1.82, 2.24) is 0 Å². The topological polar surface area (TPSA) is 118 Å². The van der Waals surface area contributed by atoms with Crippen LogP contribution >= 0.6 is 22.9 Å². The third kappa shape index (κ3) is 4.12. The first-order chi connectivity index (χ1) is 15.6. The molecule has 1 aliphatic heterocycles. The largest absolute Gasteiger partial charge is 0.496 e. The molecule has 2 heterocycles. The number of carboxylic acid groups (broad SMARTS) is 1. The standard InChI is InChI=1S/C22H16ClNO7S2/c1-31-17-5-3-2-4-12(17)11-33(29,30)14-6-7-15(23)16(9-14)24-18(25)8-13-10-32-20(22(27)28)19(13)21(24)26/h2-7,9-10H,8,11H2,1H3,(H,27,28). The number of hydrogen-bond donors (Lipinski definition) is 1. The maximum Gasteiger partial charge on any atom is 0.346 e. The number of halogens is 1. The number of rotatable bonds is 6. The van der Waals surface area contributed by atoms with Gasteiger partial charge in [-0.2, -0.15) is 0 Å². The van der Waals surface area contributed by atoms with Gasteiger partial charge in [0, 0.05) is 5.56 Å². The molecular weight excluding hydrogens is 490 g/mol. The SMILES string of the molecule is COc1ccccc1CS(=O)(=O)c1ccc(Cl)c(N2C(=O)Cc3csc(C(=O)O)c3C2=O)c1. The number of methoxy groups -OCH3 is 1. The molecule has 2 aromatic carbocycles. The third-order valence-corrected chi connectivity index (χ3v) is 8.12. The van der Waals surface area contributed by atoms with Crippen LogP contribution in [0.4, 0.5) is 5.69 Å². The zero-order valence-electron chi connectivity index (χ0n) is 17.1. The predicted molar refractivity (Wildman–Crippen MR) is 122 cm³/mol. The molecule has 11 heteroatoms. The van der Waals surface area contributed by atoms with E-state index in [4.69, 9.17) is 16.3 Å². The van der Waals surface area contributed by atoms with Gasteiger partial charge in [0.1, 0.15) is 10.6 Å². The number of amides is 2. The van der Waals surface area contributed by atoms with Crippen LogP contribution in [0.1, 0.15) is 31.2 Å². The molecule has 1 N–H and O–H groups in total. The molecule has 0 spiro atoms. The van der Waals surface area contributed by atoms with Crippen molar-refractivity contribution in [2.24, 2.45) is 0 Å². The van der Waals surface area contributed by atoms with E-state index in [0.717, 1.165) is 22.3 Å². The molecule has 33 heavy (non-hydrogen) atoms. The Morgan fingerprint density at radius 2 is 1.94 bits per heavy atom. The summed E-state index contributed by atoms with van der Waals surface area (Å²) in [7, 11) is -2.48. The minimum Gasteiger partial charge on any atom is -0.496 e. The van der Waals surface area contributed by atoms with Crippen molar-refractivity contribution in [2.75, 3.05) is 12.0 Å². The van der Waals surface area contributed by atoms with Crippen molar-refractivity contribution < 1.29 is 32.6 Å². The van der Waals surface area contributed by atoms with Gasteiger partial charge < -0.3 is 9.84 Å². The number of ether oxygens (including phenoxy) is 1. The van der Waals surface area contributed by atoms with E-state index in [9.17, 15) is 27.9 Å². The summed E-state index contributed by atoms with van der Waals surface area (Å²) < 4.78 is 31.5. The van der Waals surface area contributed by atoms with Crippen LogP contribution in [0.3, 0.4) is 0 Å². The second kappa shape index (κ2) is 8.62. The normalized spacial score (nSPS) is 13.7. The first-order valence-electron chi connectivity index (χ1n) is 9.49. The number of hydrogen-bond acceptors (Lipinski definition) is 7. The third-order valence-electron chi connectivity index (χ3n) is 5.13. The van der Waals surface area contributed by atoms with Gasteiger partial charge >= 0.3 is 5.97 Å². The van der Waals surface area contributed by atoms with E-state index in [1.165, 1.54) is 24.6 Å². The van der Waals surface area contributed by atoms with Crippen LogP contribution in [0.15, 0.2) is 52.7 Å². The monoisotopic (exact) mass is 505 g/mol. The number of para-hydroxylation sites is 1. The molecule has 0 unspecified atom stereocenters. The van der Waals surface area contributed by atoms with E-state index < -0.39 is 27.6 Å². The molecule has 0 bridgehead atoms. The summed E-state index contributed by atoms with van der Waals surface area (Å²) in [6.45, 7) is 0. The molecule has 3 aromatic rings. The van der Waals surface area contributed by atoms with Crippen LogP contribution in [0.2, 0.25) is 5.02 Å². The number of benzene rings is 2. The van der Waals surface area contributed by atoms with Crippen LogP contribution in [0.5, 0.6) is 5.75 Å². The summed E-state index contributed by atoms with van der Waals surface area (Å²) in [5.74, 6) is -2.76. The summed E-state index contributed by atoms with van der Waals surface area (Å²) in [5.41, 5.74) is 0.543. The number of carbonyl (C=O) groups is 3. The number of anilines is 1. The zero-order valence-corrected chi connectivity index (χ0v) is 19.5. The van der Waals surface area contributed by atoms with Gasteiger partial charge in [-0.25, -0.2) is 18.1 Å². The number of carboxylic acids is 1. The molecule has 1 aliphatic rings. The Morgan fingerprint density at radius 3 is 2.64 bits per heavy atom. The van der Waals surface area contributed by atoms with Gasteiger partial charge in [0.05, 0.1) is 40.5 Å². The van der Waals surface area contributed by atoms with E-state index in [1.807, 2.05) is 0 Å². The summed E-state index contributed by atoms with van der Waals surface area (Å²) in [5, 5.41) is 10.8. The Balaban J connectivity index is 1.76. The molecule has 0 saturated heterocycles. The average molecular weight is 506 g/mol. The van der Waals surface area contributed by atoms with Gasteiger partial charge in [-0.15, -0.1) is 11.3 Å². The van der Waals surface area contributed by atoms with Crippen molar-refractivity contribution in [3.8, 4) is 5.75 Å². The van der Waals surface area contributed by atoms with E-state index in [0.29, 0.717) is 16.9 Å². The fraction of sp³-hybridized carbons (Fsp3) is 0.136. The fourth-order valence-corrected chi connectivity index (χ4v) is 6.08. The Labute approximate surface area is 197 Å². The Hall–Kier alpha value is -3.21. The maximum absolute atomic E-state index is 13.1. The molecule has 0 aliphatic carbocycles. The van der Waals surface area contributed by atoms with Gasteiger partial charge in [-0.05, 0) is 35.2 Å². The van der Waals surface area contributed by atoms with Crippen LogP contribution in [-0.4, -0.2) is 38.4 Å². The second-order valence-corrected chi connectivity index (χ2v) is 10.4. The second-order valence-electron chi connectivity index (χ2n) is 7.17. The lowest BCUT2D eigenvalue weighted by atomic mass is 10.0. The van der Waals surface area contributed by atoms with Gasteiger partial charge in [0.2, 0.25) is 5.91 Å². The number of carbonyl (C=O) groups excluding carboxylic acids is 2. The highest BCUT2D eigenvalue weighted by Crippen LogP contribution is 2.36. The lowest BCUT2D eigenvalue weighted by Gasteiger charge is -2.26. The smallest absolute Gasteiger partial charge is 0.346 e. The van der Waals surface area contributed by atoms with Gasteiger partial charge in [0.15, 0.2) is 9.84 Å². The van der Waals surface area contributed by atoms with Crippen LogP contribution in [0, 0.1) is 0 Å². The predicted octanol–water partition coefficient (Wildman–Crippen LogP) is 3.81. The minimum absolute atomic E-state index is 0.0245. The maximum atomic E-state index is 13.1. The highest BCUT2D eigenvalue weighted by Gasteiger charge is 2.38. The first-order valence-corrected chi connectivity index (χ1v) is 12.4. The molecule has 0 fully saturated rings. The lowest BCUT2D eigenvalue weighted by molar-refractivity contribution is -0.117. The Kier molecular flexibility index (Phi) is 6.00. The summed E-state index contributed by atoms with van der Waals surface area (Å²) in [4.78, 5) is 37.8. The van der Waals surface area contributed by atoms with Crippen molar-refractivity contribution in [2.45, 2.75) is 17.1 Å². The van der Waals surface area contributed by atoms with Gasteiger partial charge in [-0.3, -0.25) is 9.59 Å². The number of imide groups is 1. The number of sulfone groups is 1. The average Bonchev–Trinajstić information content (AvgIpc) is 3.19. The number of fused-ring (bicyclic) bond motifs is 1. The van der Waals surface area contributed by atoms with Crippen molar-refractivity contribution in [3.05, 3.63) is 74.4 Å². The molecule has 0 saturated carbocycles. The van der Waals surface area contributed by atoms with Crippen LogP contribution in [0.25, 0.3) is 0 Å². The van der Waals surface area contributed by atoms with E-state index >= 15 is 0 Å². The number of nitrogens with zero attached hydrogens (tertiary/aromatic N) is 1. The quantitative estimate of drug-likeness (QED) is 0.506. The van der Waals surface area contributed by atoms with Crippen LogP contribution < -0.4 is 9.64 Å². The molecular formula is C22H16ClNO7S2. The molecule has 2 amide bonds. The molecule has 8 nitrogen and oxygen atoms in total. The fourth-order valence-electron chi connectivity index (χ4n) is 3.59. The van der Waals surface area contributed by atoms with E-state index in [2.05, 4.69) is 0 Å². The Bertz CT molecular complexity index is 1410. The number of aromatic carboxylic acids is 1. The molecule has 0 radical (unpaired) electrons. The van der Waals surface area contributed by atoms with Crippen molar-refractivity contribution in [3.63, 3.8) is 0 Å². The highest BCUT2D eigenvalue weighted by atomic mass is 35.5. The molecule has 4 rings (SSSR count). The molecule has 0 atom stereocenters. The van der Waals surface area contributed by atoms with E-state index in [-0.39, 0.29) is 38.2 Å². The van der Waals surface area contributed by atoms with Crippen LogP contribution in [-0.2, 0) is 26.8 Å². The Morgan fingerprint density at radius 1 is 1.21 bits per heavy atom. The van der Waals surface area contributed by atoms with Gasteiger partial charge in [0.25, 0.3) is 5.91 Å². The lowest BCUT2D eigenvalue weighted by Crippen LogP contribution is -2.42. The minimum atomic E-state index is -3.91. The van der Waals surface area contributed by atoms with Crippen molar-refractivity contribution >= 4 is 56.2 Å². The summed E-state index contributed by atoms with van der Waals surface area (Å²) in [6, 6.07) is 10.4. The molecule has 1 aromatic heterocycles. The molecule has 170 valence electrons. The summed E-state index contributed by atoms with van der Waals surface area (Å²) in [6.07, 6.45) is -0.209.